The van der Waals surface area contributed by atoms with E-state index < -0.39 is 30.2 Å². The molecule has 0 aliphatic carbocycles. The fourth-order valence-electron chi connectivity index (χ4n) is 0.618. The molecule has 12 heavy (non-hydrogen) atoms. The maximum atomic E-state index is 9.18. The molecule has 0 aliphatic heterocycles. The first-order chi connectivity index (χ1) is 5.54. The van der Waals surface area contributed by atoms with Gasteiger partial charge in [0.25, 0.3) is 0 Å². The van der Waals surface area contributed by atoms with Crippen LogP contribution in [0.25, 0.3) is 0 Å². The van der Waals surface area contributed by atoms with E-state index in [0.717, 1.165) is 5.37 Å². The van der Waals surface area contributed by atoms with Crippen molar-refractivity contribution in [1.29, 1.82) is 0 Å². The van der Waals surface area contributed by atoms with E-state index in [1.165, 1.54) is 0 Å². The zero-order valence-electron chi connectivity index (χ0n) is 6.24. The van der Waals surface area contributed by atoms with Crippen LogP contribution in [0.1, 0.15) is 0 Å². The molecule has 6 heteroatoms. The molecule has 4 atom stereocenters. The van der Waals surface area contributed by atoms with E-state index >= 15 is 0 Å². The predicted octanol–water partition coefficient (Wildman–Crippen LogP) is -1.64. The first-order valence-electron chi connectivity index (χ1n) is 3.33. The van der Waals surface area contributed by atoms with Crippen LogP contribution in [0.3, 0.4) is 0 Å². The molecule has 0 saturated heterocycles. The van der Waals surface area contributed by atoms with Gasteiger partial charge < -0.3 is 20.4 Å². The van der Waals surface area contributed by atoms with Crippen LogP contribution in [-0.4, -0.2) is 56.0 Å². The summed E-state index contributed by atoms with van der Waals surface area (Å²) in [4.78, 5) is 0. The van der Waals surface area contributed by atoms with Crippen molar-refractivity contribution < 1.29 is 20.4 Å². The Labute approximate surface area is 81.3 Å². The van der Waals surface area contributed by atoms with E-state index in [4.69, 9.17) is 15.3 Å². The number of hydrogen-bond acceptors (Lipinski definition) is 6. The molecule has 0 fully saturated rings. The average Bonchev–Trinajstić information content (AvgIpc) is 2.12. The van der Waals surface area contributed by atoms with Crippen LogP contribution in [0.15, 0.2) is 0 Å². The highest BCUT2D eigenvalue weighted by Gasteiger charge is 2.27. The predicted molar refractivity (Wildman–Crippen MR) is 51.5 cm³/mol. The summed E-state index contributed by atoms with van der Waals surface area (Å²) >= 11 is 8.24. The van der Waals surface area contributed by atoms with Gasteiger partial charge in [-0.15, -0.1) is 0 Å². The SMILES string of the molecule is OC[C@@H](O)[C@@H](O)[C@H](S)[C@@H](O)C=S. The van der Waals surface area contributed by atoms with Gasteiger partial charge in [-0.3, -0.25) is 0 Å². The Balaban J connectivity index is 4.07. The summed E-state index contributed by atoms with van der Waals surface area (Å²) in [6.07, 6.45) is -3.69. The lowest BCUT2D eigenvalue weighted by molar-refractivity contribution is -0.0240. The molecule has 72 valence electrons. The maximum Gasteiger partial charge on any atom is 0.104 e. The van der Waals surface area contributed by atoms with E-state index in [9.17, 15) is 5.11 Å². The van der Waals surface area contributed by atoms with Crippen LogP contribution in [-0.2, 0) is 0 Å². The van der Waals surface area contributed by atoms with Crippen LogP contribution in [0.2, 0.25) is 0 Å². The van der Waals surface area contributed by atoms with Gasteiger partial charge >= 0.3 is 0 Å². The number of thiocarbonyl (C=S) groups is 1. The average molecular weight is 212 g/mol. The number of thiol groups is 1. The lowest BCUT2D eigenvalue weighted by Gasteiger charge is -2.23. The molecule has 0 aliphatic rings. The van der Waals surface area contributed by atoms with E-state index in [0.29, 0.717) is 0 Å². The molecule has 4 N–H and O–H groups in total. The van der Waals surface area contributed by atoms with Crippen LogP contribution in [0.4, 0.5) is 0 Å². The van der Waals surface area contributed by atoms with Gasteiger partial charge in [0, 0.05) is 5.37 Å². The second kappa shape index (κ2) is 5.85. The lowest BCUT2D eigenvalue weighted by Crippen LogP contribution is -2.43. The minimum Gasteiger partial charge on any atom is -0.394 e. The van der Waals surface area contributed by atoms with Gasteiger partial charge in [0.2, 0.25) is 0 Å². The van der Waals surface area contributed by atoms with Crippen molar-refractivity contribution in [3.8, 4) is 0 Å². The van der Waals surface area contributed by atoms with Gasteiger partial charge in [0.1, 0.15) is 6.10 Å². The molecule has 0 saturated carbocycles. The van der Waals surface area contributed by atoms with E-state index in [1.54, 1.807) is 0 Å². The Bertz CT molecular complexity index is 144. The van der Waals surface area contributed by atoms with Crippen molar-refractivity contribution in [2.24, 2.45) is 0 Å². The number of aliphatic hydroxyl groups is 4. The largest absolute Gasteiger partial charge is 0.394 e. The highest BCUT2D eigenvalue weighted by molar-refractivity contribution is 7.81. The van der Waals surface area contributed by atoms with Gasteiger partial charge in [-0.25, -0.2) is 0 Å². The maximum absolute atomic E-state index is 9.18. The summed E-state index contributed by atoms with van der Waals surface area (Å²) in [5.74, 6) is 0. The molecule has 0 rings (SSSR count). The van der Waals surface area contributed by atoms with Crippen molar-refractivity contribution in [3.05, 3.63) is 0 Å². The number of aliphatic hydroxyl groups excluding tert-OH is 4. The summed E-state index contributed by atoms with van der Waals surface area (Å²) in [6.45, 7) is -0.581. The van der Waals surface area contributed by atoms with Crippen molar-refractivity contribution in [2.75, 3.05) is 6.61 Å². The first kappa shape index (κ1) is 12.3. The smallest absolute Gasteiger partial charge is 0.104 e. The minimum atomic E-state index is -1.31. The van der Waals surface area contributed by atoms with Crippen molar-refractivity contribution in [3.63, 3.8) is 0 Å². The normalized spacial score (nSPS) is 21.1. The molecule has 0 heterocycles. The Hall–Kier alpha value is 0.280. The molecule has 0 aromatic heterocycles. The van der Waals surface area contributed by atoms with Crippen LogP contribution >= 0.6 is 24.8 Å². The quantitative estimate of drug-likeness (QED) is 0.279. The van der Waals surface area contributed by atoms with Crippen LogP contribution in [0, 0.1) is 0 Å². The lowest BCUT2D eigenvalue weighted by atomic mass is 10.1. The summed E-state index contributed by atoms with van der Waals surface area (Å²) in [5, 5.41) is 35.8. The molecule has 0 radical (unpaired) electrons. The third-order valence-corrected chi connectivity index (χ3v) is 2.31. The second-order valence-corrected chi connectivity index (χ2v) is 3.23. The zero-order chi connectivity index (χ0) is 9.72. The fraction of sp³-hybridized carbons (Fsp3) is 0.833. The van der Waals surface area contributed by atoms with Crippen molar-refractivity contribution >= 4 is 30.2 Å². The highest BCUT2D eigenvalue weighted by Crippen LogP contribution is 2.10. The van der Waals surface area contributed by atoms with E-state index in [-0.39, 0.29) is 0 Å². The second-order valence-electron chi connectivity index (χ2n) is 2.36. The van der Waals surface area contributed by atoms with E-state index in [1.807, 2.05) is 0 Å². The molecule has 0 aromatic rings. The topological polar surface area (TPSA) is 80.9 Å². The Morgan fingerprint density at radius 1 is 1.33 bits per heavy atom. The third-order valence-electron chi connectivity index (χ3n) is 1.42. The standard InChI is InChI=1S/C6H12O4S2/c7-1-3(8)5(10)6(12)4(9)2-11/h2-10,12H,1H2/t3-,4+,5-,6-/m1/s1. The van der Waals surface area contributed by atoms with Gasteiger partial charge in [0.15, 0.2) is 0 Å². The van der Waals surface area contributed by atoms with Gasteiger partial charge in [-0.05, 0) is 0 Å². The minimum absolute atomic E-state index is 0.581. The fourth-order valence-corrected chi connectivity index (χ4v) is 1.19. The highest BCUT2D eigenvalue weighted by atomic mass is 32.1. The molecule has 0 unspecified atom stereocenters. The zero-order valence-corrected chi connectivity index (χ0v) is 7.95. The number of rotatable bonds is 5. The number of hydrogen-bond donors (Lipinski definition) is 5. The van der Waals surface area contributed by atoms with Gasteiger partial charge in [-0.1, -0.05) is 12.2 Å². The molecular formula is C6H12O4S2. The summed E-state index contributed by atoms with van der Waals surface area (Å²) in [7, 11) is 0. The summed E-state index contributed by atoms with van der Waals surface area (Å²) in [6, 6.07) is 0. The molecular weight excluding hydrogens is 200 g/mol. The summed E-state index contributed by atoms with van der Waals surface area (Å²) < 4.78 is 0. The monoisotopic (exact) mass is 212 g/mol. The van der Waals surface area contributed by atoms with Gasteiger partial charge in [-0.2, -0.15) is 12.6 Å². The van der Waals surface area contributed by atoms with Crippen LogP contribution in [0.5, 0.6) is 0 Å². The molecule has 0 aromatic carbocycles. The Kier molecular flexibility index (Phi) is 5.98. The third kappa shape index (κ3) is 3.34. The van der Waals surface area contributed by atoms with Crippen LogP contribution < -0.4 is 0 Å². The molecule has 0 spiro atoms. The Morgan fingerprint density at radius 2 is 1.83 bits per heavy atom. The molecule has 0 bridgehead atoms. The first-order valence-corrected chi connectivity index (χ1v) is 4.31. The Morgan fingerprint density at radius 3 is 2.17 bits per heavy atom. The summed E-state index contributed by atoms with van der Waals surface area (Å²) in [5.41, 5.74) is 0. The van der Waals surface area contributed by atoms with Crippen molar-refractivity contribution in [2.45, 2.75) is 23.6 Å². The van der Waals surface area contributed by atoms with E-state index in [2.05, 4.69) is 24.8 Å². The molecule has 0 amide bonds. The van der Waals surface area contributed by atoms with Gasteiger partial charge in [0.05, 0.1) is 24.1 Å². The molecule has 4 nitrogen and oxygen atoms in total. The van der Waals surface area contributed by atoms with Crippen molar-refractivity contribution in [1.82, 2.24) is 0 Å².